The lowest BCUT2D eigenvalue weighted by Gasteiger charge is -2.16. The van der Waals surface area contributed by atoms with Crippen LogP contribution in [0.4, 0.5) is 11.4 Å². The van der Waals surface area contributed by atoms with Crippen molar-refractivity contribution >= 4 is 46.3 Å². The van der Waals surface area contributed by atoms with Crippen molar-refractivity contribution in [3.8, 4) is 23.0 Å². The second kappa shape index (κ2) is 13.7. The van der Waals surface area contributed by atoms with Crippen LogP contribution in [-0.4, -0.2) is 44.2 Å². The minimum absolute atomic E-state index is 0.184. The van der Waals surface area contributed by atoms with E-state index in [0.717, 1.165) is 0 Å². The molecule has 1 amide bonds. The van der Waals surface area contributed by atoms with E-state index in [1.54, 1.807) is 39.8 Å². The fraction of sp³-hybridized carbons (Fsp3) is 0.417. The quantitative estimate of drug-likeness (QED) is 0.244. The van der Waals surface area contributed by atoms with Gasteiger partial charge in [0.05, 0.1) is 31.5 Å². The molecule has 0 bridgehead atoms. The molecule has 0 spiro atoms. The molecule has 9 nitrogen and oxygen atoms in total. The Balaban J connectivity index is 2.41. The Morgan fingerprint density at radius 1 is 0.886 bits per heavy atom. The molecular weight excluding hydrogens is 497 g/mol. The van der Waals surface area contributed by atoms with Crippen molar-refractivity contribution < 1.29 is 28.5 Å². The molecule has 0 saturated heterocycles. The summed E-state index contributed by atoms with van der Waals surface area (Å²) in [6, 6.07) is 4.86. The number of rotatable bonds is 13. The van der Waals surface area contributed by atoms with Gasteiger partial charge >= 0.3 is 0 Å². The molecule has 1 unspecified atom stereocenters. The van der Waals surface area contributed by atoms with Crippen molar-refractivity contribution in [2.24, 2.45) is 10.2 Å². The van der Waals surface area contributed by atoms with Crippen LogP contribution in [-0.2, 0) is 9.59 Å². The summed E-state index contributed by atoms with van der Waals surface area (Å²) in [4.78, 5) is 25.3. The Labute approximate surface area is 214 Å². The maximum absolute atomic E-state index is 13.0. The largest absolute Gasteiger partial charge is 0.492 e. The number of hydrogen-bond donors (Lipinski definition) is 1. The van der Waals surface area contributed by atoms with E-state index in [4.69, 9.17) is 42.1 Å². The van der Waals surface area contributed by atoms with E-state index in [-0.39, 0.29) is 16.5 Å². The van der Waals surface area contributed by atoms with Gasteiger partial charge in [-0.1, -0.05) is 23.2 Å². The molecule has 0 saturated carbocycles. The molecular formula is C24H29Cl2N3O6. The van der Waals surface area contributed by atoms with Gasteiger partial charge in [0.1, 0.15) is 16.5 Å². The SMILES string of the molecule is CCOc1cc(NC(=O)C(N=Nc2c(OCC)ccc(Cl)c2OCC)C(C)=O)cc(OCC)c1Cl. The first-order valence-electron chi connectivity index (χ1n) is 11.2. The summed E-state index contributed by atoms with van der Waals surface area (Å²) in [5, 5.41) is 11.4. The number of anilines is 1. The molecule has 2 aromatic carbocycles. The first kappa shape index (κ1) is 28.2. The lowest BCUT2D eigenvalue weighted by molar-refractivity contribution is -0.126. The minimum atomic E-state index is -1.44. The van der Waals surface area contributed by atoms with Crippen molar-refractivity contribution in [2.45, 2.75) is 40.7 Å². The molecule has 0 radical (unpaired) electrons. The highest BCUT2D eigenvalue weighted by molar-refractivity contribution is 6.33. The lowest BCUT2D eigenvalue weighted by atomic mass is 10.2. The van der Waals surface area contributed by atoms with Crippen molar-refractivity contribution in [1.29, 1.82) is 0 Å². The molecule has 0 fully saturated rings. The van der Waals surface area contributed by atoms with Gasteiger partial charge in [0.15, 0.2) is 23.0 Å². The normalized spacial score (nSPS) is 11.7. The van der Waals surface area contributed by atoms with E-state index in [1.165, 1.54) is 19.1 Å². The fourth-order valence-electron chi connectivity index (χ4n) is 2.99. The van der Waals surface area contributed by atoms with Crippen LogP contribution in [0.3, 0.4) is 0 Å². The highest BCUT2D eigenvalue weighted by Gasteiger charge is 2.25. The van der Waals surface area contributed by atoms with Gasteiger partial charge in [0, 0.05) is 17.8 Å². The van der Waals surface area contributed by atoms with Gasteiger partial charge in [-0.15, -0.1) is 5.11 Å². The molecule has 35 heavy (non-hydrogen) atoms. The zero-order valence-corrected chi connectivity index (χ0v) is 21.8. The highest BCUT2D eigenvalue weighted by atomic mass is 35.5. The van der Waals surface area contributed by atoms with Crippen molar-refractivity contribution in [3.63, 3.8) is 0 Å². The number of benzene rings is 2. The van der Waals surface area contributed by atoms with E-state index in [1.807, 2.05) is 0 Å². The number of ketones is 1. The Kier molecular flexibility index (Phi) is 11.1. The number of nitrogens with zero attached hydrogens (tertiary/aromatic N) is 2. The predicted octanol–water partition coefficient (Wildman–Crippen LogP) is 6.27. The fourth-order valence-corrected chi connectivity index (χ4v) is 3.41. The minimum Gasteiger partial charge on any atom is -0.492 e. The molecule has 190 valence electrons. The number of halogens is 2. The molecule has 0 aliphatic carbocycles. The number of nitrogens with one attached hydrogen (secondary N) is 1. The monoisotopic (exact) mass is 525 g/mol. The second-order valence-electron chi connectivity index (χ2n) is 6.96. The second-order valence-corrected chi connectivity index (χ2v) is 7.74. The summed E-state index contributed by atoms with van der Waals surface area (Å²) in [7, 11) is 0. The Hall–Kier alpha value is -3.04. The Morgan fingerprint density at radius 3 is 1.94 bits per heavy atom. The summed E-state index contributed by atoms with van der Waals surface area (Å²) in [5.41, 5.74) is 0.504. The topological polar surface area (TPSA) is 108 Å². The molecule has 0 aliphatic heterocycles. The molecule has 0 aromatic heterocycles. The summed E-state index contributed by atoms with van der Waals surface area (Å²) in [5.74, 6) is 0.0370. The van der Waals surface area contributed by atoms with Gasteiger partial charge in [0.2, 0.25) is 6.04 Å². The van der Waals surface area contributed by atoms with Crippen molar-refractivity contribution in [3.05, 3.63) is 34.3 Å². The van der Waals surface area contributed by atoms with Gasteiger partial charge in [-0.25, -0.2) is 0 Å². The molecule has 0 heterocycles. The van der Waals surface area contributed by atoms with Gasteiger partial charge in [0.25, 0.3) is 5.91 Å². The number of carbonyl (C=O) groups is 2. The van der Waals surface area contributed by atoms with E-state index in [2.05, 4.69) is 15.5 Å². The average Bonchev–Trinajstić information content (AvgIpc) is 2.80. The zero-order valence-electron chi connectivity index (χ0n) is 20.3. The number of carbonyl (C=O) groups excluding carboxylic acids is 2. The van der Waals surface area contributed by atoms with E-state index < -0.39 is 17.7 Å². The van der Waals surface area contributed by atoms with Crippen LogP contribution in [0, 0.1) is 0 Å². The van der Waals surface area contributed by atoms with Crippen LogP contribution in [0.1, 0.15) is 34.6 Å². The highest BCUT2D eigenvalue weighted by Crippen LogP contribution is 2.43. The average molecular weight is 526 g/mol. The third-order valence-electron chi connectivity index (χ3n) is 4.41. The smallest absolute Gasteiger partial charge is 0.258 e. The standard InChI is InChI=1S/C24H29Cl2N3O6/c1-6-32-17-11-10-16(25)23(35-9-4)22(17)29-28-21(14(5)30)24(31)27-15-12-18(33-7-2)20(26)19(13-15)34-8-3/h10-13,21H,6-9H2,1-5H3,(H,27,31). The van der Waals surface area contributed by atoms with Crippen LogP contribution < -0.4 is 24.3 Å². The number of Topliss-reactive ketones (excluding diaryl/α,β-unsaturated/α-hetero) is 1. The van der Waals surface area contributed by atoms with Gasteiger partial charge in [-0.3, -0.25) is 9.59 Å². The maximum atomic E-state index is 13.0. The molecule has 11 heteroatoms. The summed E-state index contributed by atoms with van der Waals surface area (Å²) >= 11 is 12.6. The van der Waals surface area contributed by atoms with Gasteiger partial charge in [-0.2, -0.15) is 5.11 Å². The summed E-state index contributed by atoms with van der Waals surface area (Å²) in [6.07, 6.45) is 0. The van der Waals surface area contributed by atoms with Gasteiger partial charge < -0.3 is 24.3 Å². The Bertz CT molecular complexity index is 1050. The van der Waals surface area contributed by atoms with Crippen LogP contribution in [0.5, 0.6) is 23.0 Å². The molecule has 0 aliphatic rings. The summed E-state index contributed by atoms with van der Waals surface area (Å²) < 4.78 is 22.2. The third-order valence-corrected chi connectivity index (χ3v) is 5.08. The van der Waals surface area contributed by atoms with E-state index >= 15 is 0 Å². The molecule has 1 atom stereocenters. The predicted molar refractivity (Wildman–Crippen MR) is 135 cm³/mol. The van der Waals surface area contributed by atoms with Crippen LogP contribution in [0.25, 0.3) is 0 Å². The number of ether oxygens (including phenoxy) is 4. The van der Waals surface area contributed by atoms with Crippen molar-refractivity contribution in [1.82, 2.24) is 0 Å². The number of azo groups is 1. The first-order valence-corrected chi connectivity index (χ1v) is 11.9. The third kappa shape index (κ3) is 7.47. The number of hydrogen-bond acceptors (Lipinski definition) is 8. The van der Waals surface area contributed by atoms with Crippen molar-refractivity contribution in [2.75, 3.05) is 31.7 Å². The zero-order chi connectivity index (χ0) is 26.0. The summed E-state index contributed by atoms with van der Waals surface area (Å²) in [6.45, 7) is 9.83. The Morgan fingerprint density at radius 2 is 1.43 bits per heavy atom. The van der Waals surface area contributed by atoms with Crippen LogP contribution in [0.2, 0.25) is 10.0 Å². The maximum Gasteiger partial charge on any atom is 0.258 e. The van der Waals surface area contributed by atoms with Crippen LogP contribution >= 0.6 is 23.2 Å². The first-order chi connectivity index (χ1) is 16.8. The van der Waals surface area contributed by atoms with Gasteiger partial charge in [-0.05, 0) is 46.8 Å². The molecule has 2 rings (SSSR count). The van der Waals surface area contributed by atoms with E-state index in [0.29, 0.717) is 54.4 Å². The van der Waals surface area contributed by atoms with Crippen LogP contribution in [0.15, 0.2) is 34.5 Å². The number of amides is 1. The molecule has 1 N–H and O–H groups in total. The van der Waals surface area contributed by atoms with E-state index in [9.17, 15) is 9.59 Å². The lowest BCUT2D eigenvalue weighted by Crippen LogP contribution is -2.31. The molecule has 2 aromatic rings.